The van der Waals surface area contributed by atoms with Gasteiger partial charge in [-0.2, -0.15) is 0 Å². The quantitative estimate of drug-likeness (QED) is 0.668. The second-order valence-electron chi connectivity index (χ2n) is 6.05. The molecular weight excluding hydrogens is 386 g/mol. The zero-order valence-corrected chi connectivity index (χ0v) is 16.4. The van der Waals surface area contributed by atoms with Crippen molar-refractivity contribution < 1.29 is 14.6 Å². The smallest absolute Gasteiger partial charge is 0.305 e. The van der Waals surface area contributed by atoms with Gasteiger partial charge in [0.25, 0.3) is 0 Å². The molecule has 3 rings (SSSR count). The van der Waals surface area contributed by atoms with Gasteiger partial charge in [0, 0.05) is 28.9 Å². The van der Waals surface area contributed by atoms with Crippen LogP contribution in [0.3, 0.4) is 0 Å². The van der Waals surface area contributed by atoms with Crippen molar-refractivity contribution in [3.05, 3.63) is 45.4 Å². The van der Waals surface area contributed by atoms with Gasteiger partial charge in [0.15, 0.2) is 0 Å². The van der Waals surface area contributed by atoms with Crippen molar-refractivity contribution >= 4 is 40.3 Å². The summed E-state index contributed by atoms with van der Waals surface area (Å²) in [5.74, 6) is 0.120. The highest BCUT2D eigenvalue weighted by molar-refractivity contribution is 7.11. The highest BCUT2D eigenvalue weighted by atomic mass is 35.5. The van der Waals surface area contributed by atoms with Crippen LogP contribution in [0.15, 0.2) is 35.4 Å². The Morgan fingerprint density at radius 3 is 2.85 bits per heavy atom. The van der Waals surface area contributed by atoms with Crippen LogP contribution in [-0.4, -0.2) is 46.5 Å². The zero-order valence-electron chi connectivity index (χ0n) is 14.9. The van der Waals surface area contributed by atoms with Gasteiger partial charge in [0.2, 0.25) is 0 Å². The molecule has 1 aromatic carbocycles. The molecule has 0 fully saturated rings. The third kappa shape index (κ3) is 4.48. The third-order valence-corrected chi connectivity index (χ3v) is 5.27. The third-order valence-electron chi connectivity index (χ3n) is 4.15. The van der Waals surface area contributed by atoms with E-state index in [4.69, 9.17) is 21.7 Å². The van der Waals surface area contributed by atoms with Crippen molar-refractivity contribution in [1.29, 1.82) is 5.41 Å². The Labute approximate surface area is 166 Å². The van der Waals surface area contributed by atoms with Gasteiger partial charge in [-0.15, -0.1) is 11.3 Å². The lowest BCUT2D eigenvalue weighted by atomic mass is 10.2. The first kappa shape index (κ1) is 19.4. The number of amidine groups is 1. The van der Waals surface area contributed by atoms with Crippen LogP contribution >= 0.6 is 22.9 Å². The van der Waals surface area contributed by atoms with Gasteiger partial charge in [-0.1, -0.05) is 23.7 Å². The van der Waals surface area contributed by atoms with Crippen LogP contribution in [0.25, 0.3) is 16.8 Å². The fourth-order valence-electron chi connectivity index (χ4n) is 2.84. The molecule has 142 valence electrons. The zero-order chi connectivity index (χ0) is 19.4. The summed E-state index contributed by atoms with van der Waals surface area (Å²) in [7, 11) is 0. The number of halogens is 1. The number of aromatic nitrogens is 1. The minimum atomic E-state index is -0.242. The van der Waals surface area contributed by atoms with Gasteiger partial charge in [0.1, 0.15) is 16.6 Å². The van der Waals surface area contributed by atoms with Gasteiger partial charge in [-0.05, 0) is 25.5 Å². The fraction of sp³-hybridized carbons (Fsp3) is 0.316. The molecule has 1 aliphatic heterocycles. The number of nitrogens with one attached hydrogen (secondary N) is 1. The summed E-state index contributed by atoms with van der Waals surface area (Å²) in [4.78, 5) is 17.8. The topological polar surface area (TPSA) is 86.5 Å². The normalized spacial score (nSPS) is 14.1. The lowest BCUT2D eigenvalue weighted by molar-refractivity contribution is -0.143. The Hall–Kier alpha value is -2.38. The van der Waals surface area contributed by atoms with Gasteiger partial charge in [-0.3, -0.25) is 10.2 Å². The summed E-state index contributed by atoms with van der Waals surface area (Å²) in [6.45, 7) is 2.90. The number of benzene rings is 1. The predicted octanol–water partition coefficient (Wildman–Crippen LogP) is 4.37. The molecule has 27 heavy (non-hydrogen) atoms. The number of thiazole rings is 1. The Balaban J connectivity index is 1.66. The van der Waals surface area contributed by atoms with Crippen LogP contribution in [-0.2, 0) is 9.53 Å². The Morgan fingerprint density at radius 2 is 2.15 bits per heavy atom. The first-order chi connectivity index (χ1) is 13.0. The molecule has 2 aromatic rings. The first-order valence-corrected chi connectivity index (χ1v) is 9.88. The number of carbonyl (C=O) groups is 1. The largest absolute Gasteiger partial charge is 0.510 e. The van der Waals surface area contributed by atoms with E-state index in [1.165, 1.54) is 11.3 Å². The summed E-state index contributed by atoms with van der Waals surface area (Å²) in [5, 5.41) is 21.9. The number of rotatable bonds is 7. The van der Waals surface area contributed by atoms with Gasteiger partial charge >= 0.3 is 5.97 Å². The van der Waals surface area contributed by atoms with Crippen LogP contribution in [0.2, 0.25) is 5.02 Å². The van der Waals surface area contributed by atoms with Crippen molar-refractivity contribution in [3.8, 4) is 11.3 Å². The minimum Gasteiger partial charge on any atom is -0.510 e. The highest BCUT2D eigenvalue weighted by Crippen LogP contribution is 2.32. The number of esters is 1. The maximum atomic E-state index is 11.4. The molecule has 2 N–H and O–H groups in total. The number of aliphatic hydroxyl groups excluding tert-OH is 1. The SMILES string of the molecule is CCOC(=O)CCCN1CC(O)=C(c2nc(-c3ccc(Cl)cc3)cs2)C1=N. The molecule has 0 amide bonds. The van der Waals surface area contributed by atoms with Crippen LogP contribution in [0.4, 0.5) is 0 Å². The van der Waals surface area contributed by atoms with Crippen molar-refractivity contribution in [3.63, 3.8) is 0 Å². The van der Waals surface area contributed by atoms with E-state index in [1.54, 1.807) is 24.0 Å². The highest BCUT2D eigenvalue weighted by Gasteiger charge is 2.30. The van der Waals surface area contributed by atoms with E-state index < -0.39 is 0 Å². The van der Waals surface area contributed by atoms with Crippen LogP contribution < -0.4 is 0 Å². The Bertz CT molecular complexity index is 877. The van der Waals surface area contributed by atoms with Crippen LogP contribution in [0.1, 0.15) is 24.8 Å². The number of hydrogen-bond donors (Lipinski definition) is 2. The van der Waals surface area contributed by atoms with Crippen molar-refractivity contribution in [2.45, 2.75) is 19.8 Å². The van der Waals surface area contributed by atoms with Crippen molar-refractivity contribution in [2.75, 3.05) is 19.7 Å². The van der Waals surface area contributed by atoms with E-state index in [1.807, 2.05) is 17.5 Å². The summed E-state index contributed by atoms with van der Waals surface area (Å²) < 4.78 is 4.91. The molecule has 1 aromatic heterocycles. The predicted molar refractivity (Wildman–Crippen MR) is 107 cm³/mol. The standard InChI is InChI=1S/C19H20ClN3O3S/c1-2-26-16(25)4-3-9-23-10-15(24)17(18(23)21)19-22-14(11-27-19)12-5-7-13(20)8-6-12/h5-8,11,21,24H,2-4,9-10H2,1H3. The minimum absolute atomic E-state index is 0.133. The van der Waals surface area contributed by atoms with E-state index in [-0.39, 0.29) is 24.1 Å². The number of ether oxygens (including phenoxy) is 1. The fourth-order valence-corrected chi connectivity index (χ4v) is 3.86. The second kappa shape index (κ2) is 8.54. The summed E-state index contributed by atoms with van der Waals surface area (Å²) >= 11 is 7.31. The summed E-state index contributed by atoms with van der Waals surface area (Å²) in [5.41, 5.74) is 2.16. The summed E-state index contributed by atoms with van der Waals surface area (Å²) in [6, 6.07) is 7.37. The molecule has 0 saturated heterocycles. The maximum absolute atomic E-state index is 11.4. The van der Waals surface area contributed by atoms with E-state index in [2.05, 4.69) is 4.98 Å². The Kier molecular flexibility index (Phi) is 6.13. The molecule has 6 nitrogen and oxygen atoms in total. The van der Waals surface area contributed by atoms with Crippen molar-refractivity contribution in [2.24, 2.45) is 0 Å². The van der Waals surface area contributed by atoms with Gasteiger partial charge < -0.3 is 14.7 Å². The first-order valence-electron chi connectivity index (χ1n) is 8.63. The number of carbonyl (C=O) groups excluding carboxylic acids is 1. The van der Waals surface area contributed by atoms with Gasteiger partial charge in [-0.25, -0.2) is 4.98 Å². The van der Waals surface area contributed by atoms with E-state index in [9.17, 15) is 9.90 Å². The van der Waals surface area contributed by atoms with Crippen molar-refractivity contribution in [1.82, 2.24) is 9.88 Å². The molecule has 0 unspecified atom stereocenters. The summed E-state index contributed by atoms with van der Waals surface area (Å²) in [6.07, 6.45) is 0.862. The molecule has 0 spiro atoms. The average molecular weight is 406 g/mol. The number of aliphatic hydroxyl groups is 1. The van der Waals surface area contributed by atoms with E-state index in [0.717, 1.165) is 11.3 Å². The van der Waals surface area contributed by atoms with Gasteiger partial charge in [0.05, 0.1) is 24.4 Å². The molecule has 1 aliphatic rings. The molecule has 0 aliphatic carbocycles. The van der Waals surface area contributed by atoms with Crippen LogP contribution in [0, 0.1) is 5.41 Å². The lowest BCUT2D eigenvalue weighted by Crippen LogP contribution is -2.28. The van der Waals surface area contributed by atoms with E-state index >= 15 is 0 Å². The molecular formula is C19H20ClN3O3S. The Morgan fingerprint density at radius 1 is 1.41 bits per heavy atom. The molecule has 2 heterocycles. The molecule has 0 bridgehead atoms. The molecule has 8 heteroatoms. The molecule has 0 radical (unpaired) electrons. The molecule has 0 saturated carbocycles. The number of hydrogen-bond acceptors (Lipinski definition) is 6. The molecule has 0 atom stereocenters. The maximum Gasteiger partial charge on any atom is 0.305 e. The average Bonchev–Trinajstić information content (AvgIpc) is 3.21. The lowest BCUT2D eigenvalue weighted by Gasteiger charge is -2.17. The van der Waals surface area contributed by atoms with Crippen LogP contribution in [0.5, 0.6) is 0 Å². The monoisotopic (exact) mass is 405 g/mol. The second-order valence-corrected chi connectivity index (χ2v) is 7.34. The number of nitrogens with zero attached hydrogens (tertiary/aromatic N) is 2. The van der Waals surface area contributed by atoms with E-state index in [0.29, 0.717) is 41.6 Å².